The number of hydrogen-bond donors (Lipinski definition) is 0. The average molecular weight is 349 g/mol. The van der Waals surface area contributed by atoms with Crippen LogP contribution < -0.4 is 9.80 Å². The molecule has 0 bridgehead atoms. The van der Waals surface area contributed by atoms with E-state index in [9.17, 15) is 0 Å². The predicted molar refractivity (Wildman–Crippen MR) is 101 cm³/mol. The Bertz CT molecular complexity index is 965. The van der Waals surface area contributed by atoms with Crippen molar-refractivity contribution in [2.75, 3.05) is 36.0 Å². The van der Waals surface area contributed by atoms with Crippen LogP contribution in [-0.2, 0) is 7.05 Å². The van der Waals surface area contributed by atoms with Crippen LogP contribution in [0.15, 0.2) is 24.8 Å². The molecule has 3 aromatic rings. The minimum atomic E-state index is 0.650. The summed E-state index contributed by atoms with van der Waals surface area (Å²) in [6.07, 6.45) is 3.36. The number of fused-ring (bicyclic) bond motifs is 2. The van der Waals surface area contributed by atoms with Crippen LogP contribution >= 0.6 is 0 Å². The van der Waals surface area contributed by atoms with E-state index in [1.54, 1.807) is 12.7 Å². The van der Waals surface area contributed by atoms with Crippen molar-refractivity contribution in [1.29, 1.82) is 0 Å². The number of aryl methyl sites for hydroxylation is 3. The van der Waals surface area contributed by atoms with E-state index in [1.807, 2.05) is 6.92 Å². The van der Waals surface area contributed by atoms with Gasteiger partial charge in [0.15, 0.2) is 5.82 Å². The number of nitrogens with zero attached hydrogens (tertiary/aromatic N) is 7. The quantitative estimate of drug-likeness (QED) is 0.705. The van der Waals surface area contributed by atoms with Crippen molar-refractivity contribution in [2.24, 2.45) is 18.9 Å². The molecule has 2 aliphatic rings. The summed E-state index contributed by atoms with van der Waals surface area (Å²) in [4.78, 5) is 22.6. The number of anilines is 2. The lowest BCUT2D eigenvalue weighted by molar-refractivity contribution is 0.533. The van der Waals surface area contributed by atoms with Crippen molar-refractivity contribution < 1.29 is 0 Å². The van der Waals surface area contributed by atoms with Gasteiger partial charge >= 0.3 is 0 Å². The third-order valence-corrected chi connectivity index (χ3v) is 5.94. The normalized spacial score (nSPS) is 22.4. The second-order valence-electron chi connectivity index (χ2n) is 7.62. The van der Waals surface area contributed by atoms with Crippen LogP contribution in [0.1, 0.15) is 11.4 Å². The van der Waals surface area contributed by atoms with Crippen LogP contribution in [0.5, 0.6) is 0 Å². The fraction of sp³-hybridized carbons (Fsp3) is 0.474. The molecule has 0 radical (unpaired) electrons. The van der Waals surface area contributed by atoms with Crippen LogP contribution in [-0.4, -0.2) is 50.7 Å². The van der Waals surface area contributed by atoms with Crippen molar-refractivity contribution in [3.63, 3.8) is 0 Å². The first-order valence-corrected chi connectivity index (χ1v) is 9.15. The average Bonchev–Trinajstić information content (AvgIpc) is 3.27. The third-order valence-electron chi connectivity index (χ3n) is 5.94. The number of rotatable bonds is 2. The highest BCUT2D eigenvalue weighted by atomic mass is 15.3. The molecule has 134 valence electrons. The fourth-order valence-electron chi connectivity index (χ4n) is 4.48. The maximum absolute atomic E-state index is 4.64. The zero-order chi connectivity index (χ0) is 17.8. The molecule has 7 heteroatoms. The molecule has 5 rings (SSSR count). The van der Waals surface area contributed by atoms with E-state index >= 15 is 0 Å². The number of aromatic nitrogens is 5. The standard InChI is InChI=1S/C19H23N7/c1-12-4-17(22-10-20-12)25-6-14-8-26(9-15(14)7-25)19-18-16(21-11-23-19)5-13(2)24(18)3/h4-5,10-11,14-15H,6-9H2,1-3H3. The van der Waals surface area contributed by atoms with Gasteiger partial charge in [0.25, 0.3) is 0 Å². The van der Waals surface area contributed by atoms with Gasteiger partial charge in [-0.15, -0.1) is 0 Å². The Balaban J connectivity index is 1.39. The molecule has 2 saturated heterocycles. The Kier molecular flexibility index (Phi) is 3.38. The topological polar surface area (TPSA) is 63.0 Å². The van der Waals surface area contributed by atoms with Gasteiger partial charge in [-0.1, -0.05) is 0 Å². The molecule has 0 spiro atoms. The number of hydrogen-bond acceptors (Lipinski definition) is 6. The van der Waals surface area contributed by atoms with E-state index < -0.39 is 0 Å². The van der Waals surface area contributed by atoms with Crippen molar-refractivity contribution in [3.8, 4) is 0 Å². The molecule has 0 amide bonds. The minimum Gasteiger partial charge on any atom is -0.356 e. The van der Waals surface area contributed by atoms with Crippen LogP contribution in [0.2, 0.25) is 0 Å². The molecule has 2 unspecified atom stereocenters. The van der Waals surface area contributed by atoms with Gasteiger partial charge in [-0.3, -0.25) is 0 Å². The Hall–Kier alpha value is -2.70. The van der Waals surface area contributed by atoms with Gasteiger partial charge in [-0.05, 0) is 19.9 Å². The molecular formula is C19H23N7. The molecule has 0 saturated carbocycles. The Labute approximate surface area is 152 Å². The second kappa shape index (κ2) is 5.65. The minimum absolute atomic E-state index is 0.650. The first-order valence-electron chi connectivity index (χ1n) is 9.15. The Morgan fingerprint density at radius 1 is 0.846 bits per heavy atom. The van der Waals surface area contributed by atoms with E-state index in [4.69, 9.17) is 0 Å². The smallest absolute Gasteiger partial charge is 0.156 e. The van der Waals surface area contributed by atoms with Gasteiger partial charge in [-0.2, -0.15) is 0 Å². The summed E-state index contributed by atoms with van der Waals surface area (Å²) in [5.41, 5.74) is 4.42. The summed E-state index contributed by atoms with van der Waals surface area (Å²) < 4.78 is 2.20. The summed E-state index contributed by atoms with van der Waals surface area (Å²) in [6, 6.07) is 4.22. The van der Waals surface area contributed by atoms with Crippen molar-refractivity contribution in [2.45, 2.75) is 13.8 Å². The van der Waals surface area contributed by atoms with E-state index in [2.05, 4.69) is 60.4 Å². The summed E-state index contributed by atoms with van der Waals surface area (Å²) in [6.45, 7) is 8.33. The summed E-state index contributed by atoms with van der Waals surface area (Å²) >= 11 is 0. The highest BCUT2D eigenvalue weighted by Crippen LogP contribution is 2.37. The van der Waals surface area contributed by atoms with Gasteiger partial charge in [0.05, 0.1) is 5.52 Å². The Morgan fingerprint density at radius 3 is 2.27 bits per heavy atom. The highest BCUT2D eigenvalue weighted by Gasteiger charge is 2.41. The zero-order valence-electron chi connectivity index (χ0n) is 15.4. The molecule has 0 aliphatic carbocycles. The maximum atomic E-state index is 4.64. The Morgan fingerprint density at radius 2 is 1.54 bits per heavy atom. The molecular weight excluding hydrogens is 326 g/mol. The SMILES string of the molecule is Cc1cc(N2CC3CN(c4ncnc5cc(C)n(C)c45)CC3C2)ncn1. The molecule has 2 aliphatic heterocycles. The van der Waals surface area contributed by atoms with Crippen molar-refractivity contribution >= 4 is 22.7 Å². The van der Waals surface area contributed by atoms with E-state index in [-0.39, 0.29) is 0 Å². The lowest BCUT2D eigenvalue weighted by Crippen LogP contribution is -2.30. The van der Waals surface area contributed by atoms with E-state index in [0.717, 1.165) is 54.5 Å². The van der Waals surface area contributed by atoms with Gasteiger partial charge in [-0.25, -0.2) is 19.9 Å². The van der Waals surface area contributed by atoms with Crippen molar-refractivity contribution in [3.05, 3.63) is 36.2 Å². The molecule has 0 aromatic carbocycles. The molecule has 26 heavy (non-hydrogen) atoms. The lowest BCUT2D eigenvalue weighted by Gasteiger charge is -2.23. The summed E-state index contributed by atoms with van der Waals surface area (Å²) in [7, 11) is 2.10. The monoisotopic (exact) mass is 349 g/mol. The van der Waals surface area contributed by atoms with Crippen LogP contribution in [0.3, 0.4) is 0 Å². The maximum Gasteiger partial charge on any atom is 0.156 e. The second-order valence-corrected chi connectivity index (χ2v) is 7.62. The van der Waals surface area contributed by atoms with E-state index in [0.29, 0.717) is 11.8 Å². The van der Waals surface area contributed by atoms with Crippen molar-refractivity contribution in [1.82, 2.24) is 24.5 Å². The van der Waals surface area contributed by atoms with Gasteiger partial charge in [0.2, 0.25) is 0 Å². The van der Waals surface area contributed by atoms with Crippen LogP contribution in [0, 0.1) is 25.7 Å². The first kappa shape index (κ1) is 15.5. The fourth-order valence-corrected chi connectivity index (χ4v) is 4.48. The van der Waals surface area contributed by atoms with Gasteiger partial charge in [0, 0.05) is 62.5 Å². The molecule has 2 atom stereocenters. The summed E-state index contributed by atoms with van der Waals surface area (Å²) in [5, 5.41) is 0. The summed E-state index contributed by atoms with van der Waals surface area (Å²) in [5.74, 6) is 3.43. The predicted octanol–water partition coefficient (Wildman–Crippen LogP) is 1.95. The highest BCUT2D eigenvalue weighted by molar-refractivity contribution is 5.87. The third kappa shape index (κ3) is 2.34. The van der Waals surface area contributed by atoms with E-state index in [1.165, 1.54) is 5.69 Å². The largest absolute Gasteiger partial charge is 0.356 e. The van der Waals surface area contributed by atoms with Gasteiger partial charge < -0.3 is 14.4 Å². The van der Waals surface area contributed by atoms with Gasteiger partial charge in [0.1, 0.15) is 24.0 Å². The lowest BCUT2D eigenvalue weighted by atomic mass is 10.0. The van der Waals surface area contributed by atoms with Crippen LogP contribution in [0.4, 0.5) is 11.6 Å². The zero-order valence-corrected chi connectivity index (χ0v) is 15.4. The molecule has 0 N–H and O–H groups in total. The molecule has 2 fully saturated rings. The molecule has 3 aromatic heterocycles. The van der Waals surface area contributed by atoms with Crippen LogP contribution in [0.25, 0.3) is 11.0 Å². The molecule has 5 heterocycles. The molecule has 7 nitrogen and oxygen atoms in total. The first-order chi connectivity index (χ1) is 12.6.